The van der Waals surface area contributed by atoms with Crippen LogP contribution in [0.15, 0.2) is 18.2 Å². The number of carboxylic acids is 1. The number of aliphatic carboxylic acids is 1. The average molecular weight is 275 g/mol. The molecule has 0 radical (unpaired) electrons. The third-order valence-corrected chi connectivity index (χ3v) is 4.09. The van der Waals surface area contributed by atoms with Gasteiger partial charge in [-0.1, -0.05) is 12.1 Å². The summed E-state index contributed by atoms with van der Waals surface area (Å²) in [4.78, 5) is 25.2. The van der Waals surface area contributed by atoms with Gasteiger partial charge >= 0.3 is 5.97 Å². The van der Waals surface area contributed by atoms with Crippen LogP contribution in [0, 0.1) is 11.8 Å². The number of nitrogens with zero attached hydrogens (tertiary/aromatic N) is 1. The van der Waals surface area contributed by atoms with Crippen molar-refractivity contribution in [3.8, 4) is 5.75 Å². The minimum absolute atomic E-state index is 0.0807. The quantitative estimate of drug-likeness (QED) is 0.911. The lowest BCUT2D eigenvalue weighted by atomic mass is 10.0. The van der Waals surface area contributed by atoms with Gasteiger partial charge in [0.05, 0.1) is 24.6 Å². The van der Waals surface area contributed by atoms with Gasteiger partial charge in [-0.3, -0.25) is 9.59 Å². The first-order valence-electron chi connectivity index (χ1n) is 6.83. The summed E-state index contributed by atoms with van der Waals surface area (Å²) in [6, 6.07) is 5.76. The molecule has 106 valence electrons. The monoisotopic (exact) mass is 275 g/mol. The highest BCUT2D eigenvalue weighted by Gasteiger charge is 2.50. The molecule has 1 aromatic carbocycles. The molecule has 3 rings (SSSR count). The molecular formula is C15H17NO4. The number of hydrogen-bond donors (Lipinski definition) is 1. The summed E-state index contributed by atoms with van der Waals surface area (Å²) in [5.74, 6) is -1.16. The molecular weight excluding hydrogens is 258 g/mol. The van der Waals surface area contributed by atoms with Crippen LogP contribution in [0.3, 0.4) is 0 Å². The molecule has 1 saturated carbocycles. The first kappa shape index (κ1) is 13.0. The molecule has 0 bridgehead atoms. The topological polar surface area (TPSA) is 66.8 Å². The number of hydrogen-bond acceptors (Lipinski definition) is 3. The lowest BCUT2D eigenvalue weighted by Crippen LogP contribution is -2.37. The van der Waals surface area contributed by atoms with Crippen LogP contribution in [-0.4, -0.2) is 30.6 Å². The SMILES string of the molecule is COc1cccc2c1N(C(=O)C1CC1C(=O)O)CCC2. The molecule has 1 aliphatic heterocycles. The van der Waals surface area contributed by atoms with E-state index in [0.717, 1.165) is 24.1 Å². The first-order valence-corrected chi connectivity index (χ1v) is 6.83. The minimum Gasteiger partial charge on any atom is -0.495 e. The van der Waals surface area contributed by atoms with E-state index in [-0.39, 0.29) is 11.8 Å². The Morgan fingerprint density at radius 1 is 1.35 bits per heavy atom. The van der Waals surface area contributed by atoms with Gasteiger partial charge < -0.3 is 14.7 Å². The normalized spacial score (nSPS) is 23.9. The molecule has 20 heavy (non-hydrogen) atoms. The molecule has 0 spiro atoms. The lowest BCUT2D eigenvalue weighted by molar-refractivity contribution is -0.140. The Hall–Kier alpha value is -2.04. The summed E-state index contributed by atoms with van der Waals surface area (Å²) >= 11 is 0. The van der Waals surface area contributed by atoms with Crippen LogP contribution in [0.25, 0.3) is 0 Å². The standard InChI is InChI=1S/C15H17NO4/c1-20-12-6-2-4-9-5-3-7-16(13(9)12)14(17)10-8-11(10)15(18)19/h2,4,6,10-11H,3,5,7-8H2,1H3,(H,18,19). The zero-order valence-corrected chi connectivity index (χ0v) is 11.3. The number of carboxylic acid groups (broad SMARTS) is 1. The summed E-state index contributed by atoms with van der Waals surface area (Å²) in [5, 5.41) is 8.97. The number of anilines is 1. The average Bonchev–Trinajstić information content (AvgIpc) is 3.25. The van der Waals surface area contributed by atoms with Crippen LogP contribution in [-0.2, 0) is 16.0 Å². The fourth-order valence-electron chi connectivity index (χ4n) is 2.94. The maximum absolute atomic E-state index is 12.5. The molecule has 1 aliphatic carbocycles. The molecule has 2 aliphatic rings. The second kappa shape index (κ2) is 4.81. The van der Waals surface area contributed by atoms with Gasteiger partial charge in [-0.25, -0.2) is 0 Å². The first-order chi connectivity index (χ1) is 9.63. The highest BCUT2D eigenvalue weighted by Crippen LogP contribution is 2.44. The lowest BCUT2D eigenvalue weighted by Gasteiger charge is -2.31. The summed E-state index contributed by atoms with van der Waals surface area (Å²) in [6.45, 7) is 0.634. The van der Waals surface area contributed by atoms with E-state index in [1.54, 1.807) is 12.0 Å². The Balaban J connectivity index is 1.90. The number of rotatable bonds is 3. The molecule has 5 nitrogen and oxygen atoms in total. The number of para-hydroxylation sites is 1. The third kappa shape index (κ3) is 2.03. The van der Waals surface area contributed by atoms with Crippen molar-refractivity contribution in [3.05, 3.63) is 23.8 Å². The fraction of sp³-hybridized carbons (Fsp3) is 0.467. The van der Waals surface area contributed by atoms with Crippen LogP contribution in [0.5, 0.6) is 5.75 Å². The van der Waals surface area contributed by atoms with Crippen molar-refractivity contribution in [3.63, 3.8) is 0 Å². The van der Waals surface area contributed by atoms with Crippen molar-refractivity contribution in [1.82, 2.24) is 0 Å². The molecule has 1 heterocycles. The van der Waals surface area contributed by atoms with E-state index in [4.69, 9.17) is 9.84 Å². The van der Waals surface area contributed by atoms with Crippen molar-refractivity contribution in [2.75, 3.05) is 18.6 Å². The third-order valence-electron chi connectivity index (χ3n) is 4.09. The predicted octanol–water partition coefficient (Wildman–Crippen LogP) is 1.70. The van der Waals surface area contributed by atoms with Gasteiger partial charge in [0.25, 0.3) is 0 Å². The molecule has 5 heteroatoms. The fourth-order valence-corrected chi connectivity index (χ4v) is 2.94. The van der Waals surface area contributed by atoms with Crippen LogP contribution in [0.2, 0.25) is 0 Å². The van der Waals surface area contributed by atoms with Crippen molar-refractivity contribution >= 4 is 17.6 Å². The summed E-state index contributed by atoms with van der Waals surface area (Å²) in [6.07, 6.45) is 2.27. The molecule has 2 unspecified atom stereocenters. The Morgan fingerprint density at radius 2 is 2.15 bits per heavy atom. The number of ether oxygens (including phenoxy) is 1. The Labute approximate surface area is 117 Å². The summed E-state index contributed by atoms with van der Waals surface area (Å²) in [5.41, 5.74) is 1.92. The molecule has 0 aromatic heterocycles. The van der Waals surface area contributed by atoms with Crippen LogP contribution < -0.4 is 9.64 Å². The van der Waals surface area contributed by atoms with E-state index in [1.807, 2.05) is 18.2 Å². The largest absolute Gasteiger partial charge is 0.495 e. The number of carbonyl (C=O) groups is 2. The van der Waals surface area contributed by atoms with Crippen molar-refractivity contribution in [2.45, 2.75) is 19.3 Å². The number of fused-ring (bicyclic) bond motifs is 1. The van der Waals surface area contributed by atoms with E-state index in [2.05, 4.69) is 0 Å². The number of aryl methyl sites for hydroxylation is 1. The number of benzene rings is 1. The molecule has 0 saturated heterocycles. The van der Waals surface area contributed by atoms with E-state index < -0.39 is 11.9 Å². The number of amides is 1. The minimum atomic E-state index is -0.874. The second-order valence-electron chi connectivity index (χ2n) is 5.35. The highest BCUT2D eigenvalue weighted by molar-refractivity contribution is 6.02. The van der Waals surface area contributed by atoms with Crippen molar-refractivity contribution in [2.24, 2.45) is 11.8 Å². The Morgan fingerprint density at radius 3 is 2.80 bits per heavy atom. The van der Waals surface area contributed by atoms with Gasteiger partial charge in [-0.2, -0.15) is 0 Å². The van der Waals surface area contributed by atoms with Gasteiger partial charge in [0.2, 0.25) is 5.91 Å². The summed E-state index contributed by atoms with van der Waals surface area (Å²) in [7, 11) is 1.59. The molecule has 1 amide bonds. The van der Waals surface area contributed by atoms with Crippen LogP contribution in [0.4, 0.5) is 5.69 Å². The van der Waals surface area contributed by atoms with Gasteiger partial charge in [-0.15, -0.1) is 0 Å². The van der Waals surface area contributed by atoms with Crippen molar-refractivity contribution in [1.29, 1.82) is 0 Å². The Kier molecular flexibility index (Phi) is 3.12. The van der Waals surface area contributed by atoms with Gasteiger partial charge in [-0.05, 0) is 30.9 Å². The van der Waals surface area contributed by atoms with Gasteiger partial charge in [0.15, 0.2) is 0 Å². The highest BCUT2D eigenvalue weighted by atomic mass is 16.5. The number of methoxy groups -OCH3 is 1. The maximum atomic E-state index is 12.5. The molecule has 2 atom stereocenters. The van der Waals surface area contributed by atoms with E-state index in [0.29, 0.717) is 18.7 Å². The predicted molar refractivity (Wildman–Crippen MR) is 72.9 cm³/mol. The van der Waals surface area contributed by atoms with Gasteiger partial charge in [0, 0.05) is 6.54 Å². The maximum Gasteiger partial charge on any atom is 0.307 e. The zero-order valence-electron chi connectivity index (χ0n) is 11.3. The van der Waals surface area contributed by atoms with Crippen LogP contribution in [0.1, 0.15) is 18.4 Å². The second-order valence-corrected chi connectivity index (χ2v) is 5.35. The zero-order chi connectivity index (χ0) is 14.3. The molecule has 1 aromatic rings. The van der Waals surface area contributed by atoms with Crippen LogP contribution >= 0.6 is 0 Å². The molecule has 1 N–H and O–H groups in total. The molecule has 1 fully saturated rings. The smallest absolute Gasteiger partial charge is 0.307 e. The van der Waals surface area contributed by atoms with E-state index in [9.17, 15) is 9.59 Å². The van der Waals surface area contributed by atoms with Crippen molar-refractivity contribution < 1.29 is 19.4 Å². The number of carbonyl (C=O) groups excluding carboxylic acids is 1. The van der Waals surface area contributed by atoms with Gasteiger partial charge in [0.1, 0.15) is 5.75 Å². The Bertz CT molecular complexity index is 555. The van der Waals surface area contributed by atoms with E-state index >= 15 is 0 Å². The van der Waals surface area contributed by atoms with E-state index in [1.165, 1.54) is 0 Å². The summed E-state index contributed by atoms with van der Waals surface area (Å²) < 4.78 is 5.36.